The van der Waals surface area contributed by atoms with Gasteiger partial charge in [0.15, 0.2) is 6.10 Å². The number of aromatic amines is 1. The minimum Gasteiger partial charge on any atom is -0.479 e. The number of H-pyrrole nitrogens is 1. The second kappa shape index (κ2) is 6.10. The smallest absolute Gasteiger partial charge is 0.335 e. The van der Waals surface area contributed by atoms with Crippen LogP contribution in [-0.2, 0) is 9.53 Å². The van der Waals surface area contributed by atoms with E-state index in [0.717, 1.165) is 9.99 Å². The Morgan fingerprint density at radius 2 is 1.96 bits per heavy atom. The van der Waals surface area contributed by atoms with E-state index in [2.05, 4.69) is 20.9 Å². The number of aliphatic carboxylic acids is 1. The van der Waals surface area contributed by atoms with Crippen molar-refractivity contribution in [2.75, 3.05) is 0 Å². The lowest BCUT2D eigenvalue weighted by Gasteiger charge is -2.38. The Labute approximate surface area is 138 Å². The molecule has 1 aliphatic rings. The Morgan fingerprint density at radius 3 is 2.65 bits per heavy atom. The molecule has 3 rings (SSSR count). The number of carboxylic acids is 1. The second-order valence-electron chi connectivity index (χ2n) is 5.20. The van der Waals surface area contributed by atoms with Gasteiger partial charge in [-0.15, -0.1) is 0 Å². The lowest BCUT2D eigenvalue weighted by molar-refractivity contribution is -0.270. The third kappa shape index (κ3) is 2.93. The van der Waals surface area contributed by atoms with Crippen LogP contribution in [-0.4, -0.2) is 62.1 Å². The molecule has 8 nitrogen and oxygen atoms in total. The summed E-state index contributed by atoms with van der Waals surface area (Å²) in [4.78, 5) is 14.0. The summed E-state index contributed by atoms with van der Waals surface area (Å²) in [6.07, 6.45) is -6.66. The van der Waals surface area contributed by atoms with Crippen molar-refractivity contribution in [2.45, 2.75) is 30.7 Å². The van der Waals surface area contributed by atoms with E-state index in [1.165, 1.54) is 6.20 Å². The van der Waals surface area contributed by atoms with Gasteiger partial charge < -0.3 is 34.9 Å². The Balaban J connectivity index is 1.88. The van der Waals surface area contributed by atoms with E-state index in [1.807, 2.05) is 12.1 Å². The fourth-order valence-electron chi connectivity index (χ4n) is 2.44. The monoisotopic (exact) mass is 387 g/mol. The van der Waals surface area contributed by atoms with Gasteiger partial charge in [-0.25, -0.2) is 4.79 Å². The molecule has 2 heterocycles. The highest BCUT2D eigenvalue weighted by Gasteiger charge is 2.48. The zero-order chi connectivity index (χ0) is 16.7. The molecule has 23 heavy (non-hydrogen) atoms. The summed E-state index contributed by atoms with van der Waals surface area (Å²) in [6, 6.07) is 5.41. The zero-order valence-corrected chi connectivity index (χ0v) is 13.2. The van der Waals surface area contributed by atoms with Crippen molar-refractivity contribution in [1.29, 1.82) is 0 Å². The fourth-order valence-corrected chi connectivity index (χ4v) is 2.80. The van der Waals surface area contributed by atoms with Gasteiger partial charge in [-0.1, -0.05) is 15.9 Å². The average Bonchev–Trinajstić information content (AvgIpc) is 2.89. The van der Waals surface area contributed by atoms with E-state index in [1.54, 1.807) is 6.07 Å². The highest BCUT2D eigenvalue weighted by atomic mass is 79.9. The quantitative estimate of drug-likeness (QED) is 0.508. The topological polar surface area (TPSA) is 132 Å². The first-order valence-electron chi connectivity index (χ1n) is 6.74. The van der Waals surface area contributed by atoms with Gasteiger partial charge in [0.1, 0.15) is 24.1 Å². The highest BCUT2D eigenvalue weighted by Crippen LogP contribution is 2.31. The van der Waals surface area contributed by atoms with Gasteiger partial charge in [0.25, 0.3) is 0 Å². The van der Waals surface area contributed by atoms with Crippen LogP contribution in [0, 0.1) is 0 Å². The summed E-state index contributed by atoms with van der Waals surface area (Å²) in [7, 11) is 0. The highest BCUT2D eigenvalue weighted by molar-refractivity contribution is 9.10. The predicted octanol–water partition coefficient (Wildman–Crippen LogP) is 0.201. The molecule has 1 saturated heterocycles. The van der Waals surface area contributed by atoms with Crippen LogP contribution < -0.4 is 4.74 Å². The number of fused-ring (bicyclic) bond motifs is 1. The number of carbonyl (C=O) groups is 1. The van der Waals surface area contributed by atoms with Crippen LogP contribution >= 0.6 is 15.9 Å². The molecule has 0 bridgehead atoms. The van der Waals surface area contributed by atoms with E-state index >= 15 is 0 Å². The number of aliphatic hydroxyl groups is 3. The Bertz CT molecular complexity index is 733. The van der Waals surface area contributed by atoms with Gasteiger partial charge in [-0.05, 0) is 18.2 Å². The SMILES string of the molecule is O=C(O)C1OC(Oc2c[nH]c3ccc(Br)cc23)C(O)C(O)C1O. The summed E-state index contributed by atoms with van der Waals surface area (Å²) >= 11 is 3.33. The Morgan fingerprint density at radius 1 is 1.22 bits per heavy atom. The molecule has 9 heteroatoms. The summed E-state index contributed by atoms with van der Waals surface area (Å²) in [6.45, 7) is 0. The number of hydrogen-bond acceptors (Lipinski definition) is 6. The van der Waals surface area contributed by atoms with Crippen molar-refractivity contribution in [1.82, 2.24) is 4.98 Å². The predicted molar refractivity (Wildman–Crippen MR) is 80.9 cm³/mol. The van der Waals surface area contributed by atoms with Crippen molar-refractivity contribution in [2.24, 2.45) is 0 Å². The lowest BCUT2D eigenvalue weighted by atomic mass is 9.99. The minimum atomic E-state index is -1.75. The van der Waals surface area contributed by atoms with Crippen LogP contribution in [0.25, 0.3) is 10.9 Å². The number of ether oxygens (including phenoxy) is 2. The number of hydrogen-bond donors (Lipinski definition) is 5. The second-order valence-corrected chi connectivity index (χ2v) is 6.11. The maximum Gasteiger partial charge on any atom is 0.335 e. The maximum absolute atomic E-state index is 11.1. The first-order valence-corrected chi connectivity index (χ1v) is 7.53. The zero-order valence-electron chi connectivity index (χ0n) is 11.6. The van der Waals surface area contributed by atoms with Crippen LogP contribution in [0.4, 0.5) is 0 Å². The van der Waals surface area contributed by atoms with Gasteiger partial charge in [0.05, 0.1) is 0 Å². The molecular formula is C14H14BrNO7. The van der Waals surface area contributed by atoms with Crippen LogP contribution in [0.5, 0.6) is 5.75 Å². The van der Waals surface area contributed by atoms with E-state index in [-0.39, 0.29) is 0 Å². The summed E-state index contributed by atoms with van der Waals surface area (Å²) in [5.41, 5.74) is 0.767. The molecule has 5 N–H and O–H groups in total. The standard InChI is InChI=1S/C14H14BrNO7/c15-5-1-2-7-6(3-5)8(4-16-7)22-14-11(19)9(17)10(18)12(23-14)13(20)21/h1-4,9-12,14,16-19H,(H,20,21). The van der Waals surface area contributed by atoms with Crippen molar-refractivity contribution in [3.63, 3.8) is 0 Å². The third-order valence-corrected chi connectivity index (χ3v) is 4.16. The normalized spacial score (nSPS) is 31.2. The number of carboxylic acid groups (broad SMARTS) is 1. The van der Waals surface area contributed by atoms with Gasteiger partial charge in [0.2, 0.25) is 6.29 Å². The number of aromatic nitrogens is 1. The lowest BCUT2D eigenvalue weighted by Crippen LogP contribution is -2.61. The van der Waals surface area contributed by atoms with Crippen molar-refractivity contribution < 1.29 is 34.7 Å². The molecule has 1 fully saturated rings. The molecule has 1 aromatic heterocycles. The molecule has 0 spiro atoms. The molecule has 5 atom stereocenters. The molecule has 1 aromatic carbocycles. The number of rotatable bonds is 3. The van der Waals surface area contributed by atoms with Crippen LogP contribution in [0.15, 0.2) is 28.9 Å². The van der Waals surface area contributed by atoms with Crippen LogP contribution in [0.1, 0.15) is 0 Å². The summed E-state index contributed by atoms with van der Waals surface area (Å²) in [5, 5.41) is 39.1. The Kier molecular flexibility index (Phi) is 4.30. The first kappa shape index (κ1) is 16.2. The van der Waals surface area contributed by atoms with Gasteiger partial charge in [-0.3, -0.25) is 0 Å². The van der Waals surface area contributed by atoms with Crippen molar-refractivity contribution in [3.05, 3.63) is 28.9 Å². The number of halogens is 1. The minimum absolute atomic E-state index is 0.318. The van der Waals surface area contributed by atoms with Crippen LogP contribution in [0.2, 0.25) is 0 Å². The van der Waals surface area contributed by atoms with E-state index in [4.69, 9.17) is 14.6 Å². The molecule has 0 amide bonds. The molecule has 2 aromatic rings. The van der Waals surface area contributed by atoms with E-state index < -0.39 is 36.7 Å². The molecule has 124 valence electrons. The summed E-state index contributed by atoms with van der Waals surface area (Å²) in [5.74, 6) is -1.14. The molecule has 0 saturated carbocycles. The molecular weight excluding hydrogens is 374 g/mol. The number of benzene rings is 1. The third-order valence-electron chi connectivity index (χ3n) is 3.66. The Hall–Kier alpha value is -1.65. The summed E-state index contributed by atoms with van der Waals surface area (Å²) < 4.78 is 11.4. The first-order chi connectivity index (χ1) is 10.9. The number of aliphatic hydroxyl groups excluding tert-OH is 3. The fraction of sp³-hybridized carbons (Fsp3) is 0.357. The van der Waals surface area contributed by atoms with Crippen molar-refractivity contribution in [3.8, 4) is 5.75 Å². The van der Waals surface area contributed by atoms with Gasteiger partial charge >= 0.3 is 5.97 Å². The van der Waals surface area contributed by atoms with Gasteiger partial charge in [-0.2, -0.15) is 0 Å². The molecule has 1 aliphatic heterocycles. The molecule has 0 radical (unpaired) electrons. The van der Waals surface area contributed by atoms with Crippen LogP contribution in [0.3, 0.4) is 0 Å². The van der Waals surface area contributed by atoms with Gasteiger partial charge in [0, 0.05) is 21.6 Å². The van der Waals surface area contributed by atoms with E-state index in [0.29, 0.717) is 11.1 Å². The average molecular weight is 388 g/mol. The molecule has 5 unspecified atom stereocenters. The molecule has 0 aliphatic carbocycles. The van der Waals surface area contributed by atoms with Crippen molar-refractivity contribution >= 4 is 32.8 Å². The largest absolute Gasteiger partial charge is 0.479 e. The maximum atomic E-state index is 11.1. The van der Waals surface area contributed by atoms with E-state index in [9.17, 15) is 20.1 Å². The number of nitrogens with one attached hydrogen (secondary N) is 1.